The Morgan fingerprint density at radius 3 is 2.39 bits per heavy atom. The van der Waals surface area contributed by atoms with E-state index < -0.39 is 23.8 Å². The number of piperidine rings is 1. The van der Waals surface area contributed by atoms with Crippen molar-refractivity contribution in [3.05, 3.63) is 71.5 Å². The molecule has 31 heavy (non-hydrogen) atoms. The lowest BCUT2D eigenvalue weighted by atomic mass is 9.97. The summed E-state index contributed by atoms with van der Waals surface area (Å²) in [6.45, 7) is 0.727. The SMILES string of the molecule is O=C(O[C@@H](C(=O)NC1CC1)c1ccccc1)[C@H]1CCCN(C(=O)c2ccc(F)cc2)C1. The molecule has 6 nitrogen and oxygen atoms in total. The third kappa shape index (κ3) is 5.29. The Hall–Kier alpha value is -3.22. The molecule has 7 heteroatoms. The molecule has 1 aliphatic carbocycles. The quantitative estimate of drug-likeness (QED) is 0.723. The van der Waals surface area contributed by atoms with Crippen molar-refractivity contribution < 1.29 is 23.5 Å². The van der Waals surface area contributed by atoms with Gasteiger partial charge < -0.3 is 15.0 Å². The molecular weight excluding hydrogens is 399 g/mol. The zero-order valence-electron chi connectivity index (χ0n) is 17.1. The van der Waals surface area contributed by atoms with Gasteiger partial charge in [0.2, 0.25) is 6.10 Å². The second-order valence-electron chi connectivity index (χ2n) is 8.11. The van der Waals surface area contributed by atoms with Gasteiger partial charge in [-0.3, -0.25) is 14.4 Å². The van der Waals surface area contributed by atoms with E-state index in [2.05, 4.69) is 5.32 Å². The van der Waals surface area contributed by atoms with Gasteiger partial charge in [0.05, 0.1) is 5.92 Å². The molecule has 2 atom stereocenters. The summed E-state index contributed by atoms with van der Waals surface area (Å²) in [6.07, 6.45) is 2.08. The average Bonchev–Trinajstić information content (AvgIpc) is 3.62. The van der Waals surface area contributed by atoms with E-state index in [1.807, 2.05) is 6.07 Å². The first-order chi connectivity index (χ1) is 15.0. The van der Waals surface area contributed by atoms with Gasteiger partial charge in [-0.1, -0.05) is 30.3 Å². The number of carbonyl (C=O) groups is 3. The lowest BCUT2D eigenvalue weighted by Gasteiger charge is -2.32. The van der Waals surface area contributed by atoms with Crippen LogP contribution in [0.5, 0.6) is 0 Å². The van der Waals surface area contributed by atoms with E-state index in [1.165, 1.54) is 24.3 Å². The lowest BCUT2D eigenvalue weighted by Crippen LogP contribution is -2.43. The van der Waals surface area contributed by atoms with Gasteiger partial charge in [0, 0.05) is 30.3 Å². The molecule has 1 heterocycles. The van der Waals surface area contributed by atoms with Gasteiger partial charge in [-0.2, -0.15) is 0 Å². The maximum Gasteiger partial charge on any atom is 0.311 e. The van der Waals surface area contributed by atoms with Crippen LogP contribution in [0, 0.1) is 11.7 Å². The molecule has 2 amide bonds. The molecule has 1 aliphatic heterocycles. The second-order valence-corrected chi connectivity index (χ2v) is 8.11. The number of ether oxygens (including phenoxy) is 1. The third-order valence-corrected chi connectivity index (χ3v) is 5.63. The molecule has 0 unspecified atom stereocenters. The monoisotopic (exact) mass is 424 g/mol. The fourth-order valence-corrected chi connectivity index (χ4v) is 3.75. The minimum absolute atomic E-state index is 0.149. The lowest BCUT2D eigenvalue weighted by molar-refractivity contribution is -0.161. The van der Waals surface area contributed by atoms with Crippen molar-refractivity contribution in [2.45, 2.75) is 37.8 Å². The highest BCUT2D eigenvalue weighted by atomic mass is 19.1. The molecule has 1 saturated carbocycles. The standard InChI is InChI=1S/C24H25FN2O4/c25-19-10-8-17(9-11-19)23(29)27-14-4-7-18(15-27)24(30)31-21(16-5-2-1-3-6-16)22(28)26-20-12-13-20/h1-3,5-6,8-11,18,20-21H,4,7,12-15H2,(H,26,28)/t18-,21+/m0/s1. The van der Waals surface area contributed by atoms with Crippen molar-refractivity contribution in [1.82, 2.24) is 10.2 Å². The molecule has 162 valence electrons. The molecule has 0 radical (unpaired) electrons. The van der Waals surface area contributed by atoms with Crippen molar-refractivity contribution in [3.63, 3.8) is 0 Å². The predicted octanol–water partition coefficient (Wildman–Crippen LogP) is 3.24. The van der Waals surface area contributed by atoms with Gasteiger partial charge in [0.1, 0.15) is 5.82 Å². The number of amides is 2. The van der Waals surface area contributed by atoms with Gasteiger partial charge in [0.25, 0.3) is 11.8 Å². The Bertz CT molecular complexity index is 944. The fraction of sp³-hybridized carbons (Fsp3) is 0.375. The van der Waals surface area contributed by atoms with Crippen LogP contribution in [-0.2, 0) is 14.3 Å². The topological polar surface area (TPSA) is 75.7 Å². The molecule has 2 aliphatic rings. The number of nitrogens with one attached hydrogen (secondary N) is 1. The smallest absolute Gasteiger partial charge is 0.311 e. The number of halogens is 1. The van der Waals surface area contributed by atoms with E-state index >= 15 is 0 Å². The van der Waals surface area contributed by atoms with E-state index in [0.717, 1.165) is 12.8 Å². The molecular formula is C24H25FN2O4. The van der Waals surface area contributed by atoms with Gasteiger partial charge in [-0.15, -0.1) is 0 Å². The van der Waals surface area contributed by atoms with Crippen molar-refractivity contribution >= 4 is 17.8 Å². The Balaban J connectivity index is 1.43. The van der Waals surface area contributed by atoms with Crippen molar-refractivity contribution in [2.24, 2.45) is 5.92 Å². The van der Waals surface area contributed by atoms with Gasteiger partial charge >= 0.3 is 5.97 Å². The molecule has 4 rings (SSSR count). The number of hydrogen-bond donors (Lipinski definition) is 1. The molecule has 0 spiro atoms. The first-order valence-corrected chi connectivity index (χ1v) is 10.6. The van der Waals surface area contributed by atoms with Gasteiger partial charge in [-0.05, 0) is 49.9 Å². The van der Waals surface area contributed by atoms with Crippen LogP contribution in [-0.4, -0.2) is 41.8 Å². The van der Waals surface area contributed by atoms with E-state index in [9.17, 15) is 18.8 Å². The Labute approximate surface area is 180 Å². The summed E-state index contributed by atoms with van der Waals surface area (Å²) in [5.74, 6) is -1.98. The normalized spacial score (nSPS) is 19.4. The van der Waals surface area contributed by atoms with E-state index in [0.29, 0.717) is 30.5 Å². The summed E-state index contributed by atoms with van der Waals surface area (Å²) in [7, 11) is 0. The first kappa shape index (κ1) is 21.0. The zero-order valence-corrected chi connectivity index (χ0v) is 17.1. The predicted molar refractivity (Wildman–Crippen MR) is 111 cm³/mol. The number of benzene rings is 2. The number of esters is 1. The van der Waals surface area contributed by atoms with Crippen LogP contribution in [0.4, 0.5) is 4.39 Å². The van der Waals surface area contributed by atoms with E-state index in [1.54, 1.807) is 29.2 Å². The molecule has 2 aromatic rings. The third-order valence-electron chi connectivity index (χ3n) is 5.63. The number of rotatable bonds is 6. The van der Waals surface area contributed by atoms with Crippen LogP contribution in [0.3, 0.4) is 0 Å². The Morgan fingerprint density at radius 1 is 1.00 bits per heavy atom. The zero-order chi connectivity index (χ0) is 21.8. The van der Waals surface area contributed by atoms with Crippen LogP contribution in [0.25, 0.3) is 0 Å². The van der Waals surface area contributed by atoms with Crippen molar-refractivity contribution in [2.75, 3.05) is 13.1 Å². The molecule has 2 aromatic carbocycles. The summed E-state index contributed by atoms with van der Waals surface area (Å²) in [5.41, 5.74) is 0.991. The van der Waals surface area contributed by atoms with Crippen molar-refractivity contribution in [1.29, 1.82) is 0 Å². The van der Waals surface area contributed by atoms with E-state index in [-0.39, 0.29) is 24.4 Å². The van der Waals surface area contributed by atoms with Crippen molar-refractivity contribution in [3.8, 4) is 0 Å². The van der Waals surface area contributed by atoms with E-state index in [4.69, 9.17) is 4.74 Å². The minimum Gasteiger partial charge on any atom is -0.447 e. The highest BCUT2D eigenvalue weighted by Gasteiger charge is 2.35. The average molecular weight is 424 g/mol. The minimum atomic E-state index is -1.02. The largest absolute Gasteiger partial charge is 0.447 e. The highest BCUT2D eigenvalue weighted by Crippen LogP contribution is 2.26. The maximum absolute atomic E-state index is 13.2. The number of nitrogens with zero attached hydrogens (tertiary/aromatic N) is 1. The van der Waals surface area contributed by atoms with Gasteiger partial charge in [0.15, 0.2) is 0 Å². The summed E-state index contributed by atoms with van der Waals surface area (Å²) < 4.78 is 18.8. The number of hydrogen-bond acceptors (Lipinski definition) is 4. The van der Waals surface area contributed by atoms with Crippen LogP contribution in [0.15, 0.2) is 54.6 Å². The van der Waals surface area contributed by atoms with Crippen LogP contribution >= 0.6 is 0 Å². The van der Waals surface area contributed by atoms with Crippen LogP contribution in [0.1, 0.15) is 47.7 Å². The molecule has 0 bridgehead atoms. The Kier molecular flexibility index (Phi) is 6.30. The van der Waals surface area contributed by atoms with Crippen LogP contribution < -0.4 is 5.32 Å². The molecule has 1 N–H and O–H groups in total. The van der Waals surface area contributed by atoms with Gasteiger partial charge in [-0.25, -0.2) is 4.39 Å². The summed E-state index contributed by atoms with van der Waals surface area (Å²) >= 11 is 0. The molecule has 1 saturated heterocycles. The second kappa shape index (κ2) is 9.29. The fourth-order valence-electron chi connectivity index (χ4n) is 3.75. The number of carbonyl (C=O) groups excluding carboxylic acids is 3. The summed E-state index contributed by atoms with van der Waals surface area (Å²) in [5, 5.41) is 2.90. The number of likely N-dealkylation sites (tertiary alicyclic amines) is 1. The first-order valence-electron chi connectivity index (χ1n) is 10.6. The highest BCUT2D eigenvalue weighted by molar-refractivity contribution is 5.94. The maximum atomic E-state index is 13.2. The molecule has 0 aromatic heterocycles. The Morgan fingerprint density at radius 2 is 1.71 bits per heavy atom. The van der Waals surface area contributed by atoms with Crippen LogP contribution in [0.2, 0.25) is 0 Å². The summed E-state index contributed by atoms with van der Waals surface area (Å²) in [4.78, 5) is 40.0. The summed E-state index contributed by atoms with van der Waals surface area (Å²) in [6, 6.07) is 14.5. The molecule has 2 fully saturated rings.